The number of carbonyl (C=O) groups is 1. The van der Waals surface area contributed by atoms with Crippen LogP contribution in [-0.4, -0.2) is 42.9 Å². The maximum absolute atomic E-state index is 13.2. The summed E-state index contributed by atoms with van der Waals surface area (Å²) in [5.74, 6) is -1.20. The summed E-state index contributed by atoms with van der Waals surface area (Å²) in [4.78, 5) is 18.8. The van der Waals surface area contributed by atoms with Gasteiger partial charge in [0.05, 0.1) is 17.9 Å². The van der Waals surface area contributed by atoms with Crippen LogP contribution in [0.4, 0.5) is 30.6 Å². The van der Waals surface area contributed by atoms with E-state index in [2.05, 4.69) is 25.7 Å². The minimum Gasteiger partial charge on any atom is -0.480 e. The molecule has 0 spiro atoms. The number of hydrogen-bond acceptors (Lipinski definition) is 7. The average molecular weight is 411 g/mol. The third-order valence-electron chi connectivity index (χ3n) is 4.71. The monoisotopic (exact) mass is 411 g/mol. The fraction of sp³-hybridized carbons (Fsp3) is 0.529. The number of anilines is 3. The van der Waals surface area contributed by atoms with E-state index in [0.29, 0.717) is 11.4 Å². The maximum atomic E-state index is 13.2. The summed E-state index contributed by atoms with van der Waals surface area (Å²) in [6, 6.07) is -1.13. The number of aromatic nitrogens is 4. The summed E-state index contributed by atoms with van der Waals surface area (Å²) in [6.07, 6.45) is 1.22. The van der Waals surface area contributed by atoms with E-state index >= 15 is 0 Å². The molecule has 0 saturated heterocycles. The highest BCUT2D eigenvalue weighted by atomic mass is 19.4. The smallest absolute Gasteiger partial charge is 0.421 e. The Bertz CT molecular complexity index is 922. The topological polar surface area (TPSA) is 131 Å². The van der Waals surface area contributed by atoms with Gasteiger partial charge < -0.3 is 21.5 Å². The lowest BCUT2D eigenvalue weighted by molar-refractivity contribution is -0.139. The molecule has 2 aliphatic rings. The molecule has 5 N–H and O–H groups in total. The molecule has 156 valence electrons. The molecule has 2 saturated carbocycles. The molecular weight excluding hydrogens is 391 g/mol. The van der Waals surface area contributed by atoms with Crippen molar-refractivity contribution < 1.29 is 23.1 Å². The number of aliphatic carboxylic acids is 1. The van der Waals surface area contributed by atoms with E-state index in [9.17, 15) is 18.0 Å². The second kappa shape index (κ2) is 7.17. The van der Waals surface area contributed by atoms with Gasteiger partial charge in [0.1, 0.15) is 17.4 Å². The van der Waals surface area contributed by atoms with Crippen LogP contribution >= 0.6 is 0 Å². The molecule has 29 heavy (non-hydrogen) atoms. The molecule has 0 amide bonds. The SMILES string of the molecule is N[C@@H](Cn1cc(Nc2ncc(C(F)(F)F)c(NC3CC3)n2)c(C2CC2)n1)C(=O)O. The van der Waals surface area contributed by atoms with Gasteiger partial charge in [0.2, 0.25) is 5.95 Å². The van der Waals surface area contributed by atoms with Crippen molar-refractivity contribution in [2.24, 2.45) is 5.73 Å². The maximum Gasteiger partial charge on any atom is 0.421 e. The highest BCUT2D eigenvalue weighted by molar-refractivity contribution is 5.73. The summed E-state index contributed by atoms with van der Waals surface area (Å²) in [6.45, 7) is -0.0287. The van der Waals surface area contributed by atoms with Crippen molar-refractivity contribution in [2.45, 2.75) is 56.4 Å². The van der Waals surface area contributed by atoms with E-state index in [1.165, 1.54) is 4.68 Å². The third kappa shape index (κ3) is 4.58. The first kappa shape index (κ1) is 19.4. The number of carboxylic acid groups (broad SMARTS) is 1. The van der Waals surface area contributed by atoms with Gasteiger partial charge >= 0.3 is 12.1 Å². The number of hydrogen-bond donors (Lipinski definition) is 4. The first-order valence-electron chi connectivity index (χ1n) is 9.24. The Morgan fingerprint density at radius 3 is 2.66 bits per heavy atom. The van der Waals surface area contributed by atoms with Crippen molar-refractivity contribution in [3.8, 4) is 0 Å². The molecule has 4 rings (SSSR count). The van der Waals surface area contributed by atoms with Gasteiger partial charge in [0.15, 0.2) is 0 Å². The number of alkyl halides is 3. The summed E-state index contributed by atoms with van der Waals surface area (Å²) < 4.78 is 41.1. The molecule has 0 unspecified atom stereocenters. The second-order valence-corrected chi connectivity index (χ2v) is 7.37. The summed E-state index contributed by atoms with van der Waals surface area (Å²) in [7, 11) is 0. The zero-order valence-corrected chi connectivity index (χ0v) is 15.3. The molecule has 2 aliphatic carbocycles. The van der Waals surface area contributed by atoms with Crippen LogP contribution in [0.3, 0.4) is 0 Å². The standard InChI is InChI=1S/C17H20F3N7O2/c18-17(19,20)10-5-22-16(25-14(10)23-9-3-4-9)24-12-7-27(6-11(21)15(28)29)26-13(12)8-1-2-8/h5,7-9,11H,1-4,6,21H2,(H,28,29)(H2,22,23,24,25)/t11-/m0/s1. The molecule has 0 aliphatic heterocycles. The normalized spacial score (nSPS) is 17.8. The fourth-order valence-corrected chi connectivity index (χ4v) is 2.87. The predicted molar refractivity (Wildman–Crippen MR) is 96.8 cm³/mol. The molecule has 1 atom stereocenters. The van der Waals surface area contributed by atoms with Crippen molar-refractivity contribution in [3.05, 3.63) is 23.7 Å². The molecule has 0 bridgehead atoms. The van der Waals surface area contributed by atoms with Crippen molar-refractivity contribution in [3.63, 3.8) is 0 Å². The Hall–Kier alpha value is -2.89. The molecule has 0 aromatic carbocycles. The van der Waals surface area contributed by atoms with E-state index in [0.717, 1.165) is 31.9 Å². The zero-order chi connectivity index (χ0) is 20.8. The summed E-state index contributed by atoms with van der Waals surface area (Å²) in [5.41, 5.74) is 5.87. The van der Waals surface area contributed by atoms with Crippen LogP contribution in [-0.2, 0) is 17.5 Å². The lowest BCUT2D eigenvalue weighted by Crippen LogP contribution is -2.34. The lowest BCUT2D eigenvalue weighted by Gasteiger charge is -2.14. The number of nitrogens with two attached hydrogens (primary N) is 1. The molecule has 12 heteroatoms. The number of rotatable bonds is 8. The van der Waals surface area contributed by atoms with Gasteiger partial charge in [-0.15, -0.1) is 0 Å². The first-order chi connectivity index (χ1) is 13.7. The van der Waals surface area contributed by atoms with E-state index in [1.807, 2.05) is 0 Å². The Morgan fingerprint density at radius 1 is 1.34 bits per heavy atom. The molecule has 9 nitrogen and oxygen atoms in total. The van der Waals surface area contributed by atoms with Crippen LogP contribution in [0, 0.1) is 0 Å². The number of halogens is 3. The molecular formula is C17H20F3N7O2. The summed E-state index contributed by atoms with van der Waals surface area (Å²) >= 11 is 0. The van der Waals surface area contributed by atoms with Gasteiger partial charge in [0, 0.05) is 24.4 Å². The molecule has 2 aromatic rings. The number of nitrogens with zero attached hydrogens (tertiary/aromatic N) is 4. The van der Waals surface area contributed by atoms with E-state index in [1.54, 1.807) is 6.20 Å². The average Bonchev–Trinajstić information content (AvgIpc) is 3.55. The van der Waals surface area contributed by atoms with Gasteiger partial charge in [-0.2, -0.15) is 23.3 Å². The van der Waals surface area contributed by atoms with E-state index < -0.39 is 23.8 Å². The van der Waals surface area contributed by atoms with Crippen molar-refractivity contribution >= 4 is 23.4 Å². The minimum atomic E-state index is -4.56. The highest BCUT2D eigenvalue weighted by Crippen LogP contribution is 2.43. The molecule has 2 heterocycles. The van der Waals surface area contributed by atoms with Crippen LogP contribution in [0.1, 0.15) is 42.9 Å². The minimum absolute atomic E-state index is 0.00475. The zero-order valence-electron chi connectivity index (χ0n) is 15.3. The highest BCUT2D eigenvalue weighted by Gasteiger charge is 2.37. The third-order valence-corrected chi connectivity index (χ3v) is 4.71. The van der Waals surface area contributed by atoms with E-state index in [4.69, 9.17) is 10.8 Å². The van der Waals surface area contributed by atoms with Crippen LogP contribution < -0.4 is 16.4 Å². The first-order valence-corrected chi connectivity index (χ1v) is 9.24. The van der Waals surface area contributed by atoms with Gasteiger partial charge in [-0.3, -0.25) is 9.48 Å². The van der Waals surface area contributed by atoms with Crippen LogP contribution in [0.15, 0.2) is 12.4 Å². The van der Waals surface area contributed by atoms with Crippen molar-refractivity contribution in [1.29, 1.82) is 0 Å². The van der Waals surface area contributed by atoms with Crippen LogP contribution in [0.2, 0.25) is 0 Å². The van der Waals surface area contributed by atoms with Crippen LogP contribution in [0.25, 0.3) is 0 Å². The van der Waals surface area contributed by atoms with Crippen molar-refractivity contribution in [1.82, 2.24) is 19.7 Å². The number of carboxylic acids is 1. The van der Waals surface area contributed by atoms with Gasteiger partial charge in [-0.25, -0.2) is 4.98 Å². The number of nitrogens with one attached hydrogen (secondary N) is 2. The Kier molecular flexibility index (Phi) is 4.81. The van der Waals surface area contributed by atoms with Gasteiger partial charge in [-0.05, 0) is 25.7 Å². The molecule has 2 aromatic heterocycles. The molecule has 0 radical (unpaired) electrons. The quantitative estimate of drug-likeness (QED) is 0.520. The second-order valence-electron chi connectivity index (χ2n) is 7.37. The van der Waals surface area contributed by atoms with Crippen molar-refractivity contribution in [2.75, 3.05) is 10.6 Å². The Morgan fingerprint density at radius 2 is 2.07 bits per heavy atom. The lowest BCUT2D eigenvalue weighted by atomic mass is 10.2. The summed E-state index contributed by atoms with van der Waals surface area (Å²) in [5, 5.41) is 19.1. The van der Waals surface area contributed by atoms with Gasteiger partial charge in [0.25, 0.3) is 0 Å². The van der Waals surface area contributed by atoms with Crippen LogP contribution in [0.5, 0.6) is 0 Å². The Balaban J connectivity index is 1.59. The Labute approximate surface area is 163 Å². The fourth-order valence-electron chi connectivity index (χ4n) is 2.87. The van der Waals surface area contributed by atoms with E-state index in [-0.39, 0.29) is 30.3 Å². The predicted octanol–water partition coefficient (Wildman–Crippen LogP) is 2.30. The molecule has 2 fully saturated rings. The largest absolute Gasteiger partial charge is 0.480 e. The van der Waals surface area contributed by atoms with Gasteiger partial charge in [-0.1, -0.05) is 0 Å².